The number of ether oxygens (including phenoxy) is 1. The number of carbonyl (C=O) groups excluding carboxylic acids is 2. The van der Waals surface area contributed by atoms with Gasteiger partial charge in [0.15, 0.2) is 0 Å². The van der Waals surface area contributed by atoms with Gasteiger partial charge in [-0.05, 0) is 23.6 Å². The largest absolute Gasteiger partial charge is 0.457 e. The molecule has 1 aliphatic carbocycles. The number of esters is 1. The van der Waals surface area contributed by atoms with E-state index in [1.54, 1.807) is 0 Å². The summed E-state index contributed by atoms with van der Waals surface area (Å²) in [7, 11) is 0. The van der Waals surface area contributed by atoms with Gasteiger partial charge in [0, 0.05) is 29.7 Å². The number of hydrogen-bond donors (Lipinski definition) is 1. The van der Waals surface area contributed by atoms with Crippen molar-refractivity contribution in [2.45, 2.75) is 31.8 Å². The SMILES string of the molecule is CC1=C(C(=O)OCc2ccccc2)C(c2ccccc2)C2C(=O)CC(c3ccccc3)C=C2N1. The van der Waals surface area contributed by atoms with Crippen LogP contribution in [0.2, 0.25) is 0 Å². The Hall–Kier alpha value is -3.92. The van der Waals surface area contributed by atoms with E-state index in [1.165, 1.54) is 0 Å². The monoisotopic (exact) mass is 449 g/mol. The lowest BCUT2D eigenvalue weighted by Crippen LogP contribution is -2.41. The molecular weight excluding hydrogens is 422 g/mol. The number of benzene rings is 3. The smallest absolute Gasteiger partial charge is 0.336 e. The number of rotatable bonds is 5. The molecule has 3 aromatic carbocycles. The number of hydrogen-bond acceptors (Lipinski definition) is 4. The van der Waals surface area contributed by atoms with Crippen LogP contribution in [-0.4, -0.2) is 11.8 Å². The highest BCUT2D eigenvalue weighted by Crippen LogP contribution is 2.46. The molecule has 5 rings (SSSR count). The normalized spacial score (nSPS) is 21.9. The van der Waals surface area contributed by atoms with Crippen LogP contribution in [0.5, 0.6) is 0 Å². The minimum atomic E-state index is -0.440. The van der Waals surface area contributed by atoms with Crippen molar-refractivity contribution in [2.24, 2.45) is 5.92 Å². The fourth-order valence-electron chi connectivity index (χ4n) is 5.08. The molecule has 4 heteroatoms. The van der Waals surface area contributed by atoms with E-state index in [1.807, 2.05) is 85.8 Å². The zero-order valence-electron chi connectivity index (χ0n) is 19.1. The molecule has 2 aliphatic rings. The van der Waals surface area contributed by atoms with Crippen molar-refractivity contribution in [3.05, 3.63) is 131 Å². The van der Waals surface area contributed by atoms with Gasteiger partial charge in [-0.25, -0.2) is 4.79 Å². The van der Waals surface area contributed by atoms with E-state index in [9.17, 15) is 9.59 Å². The van der Waals surface area contributed by atoms with E-state index in [0.29, 0.717) is 12.0 Å². The summed E-state index contributed by atoms with van der Waals surface area (Å²) in [4.78, 5) is 27.0. The van der Waals surface area contributed by atoms with Crippen LogP contribution in [0.15, 0.2) is 114 Å². The molecule has 0 spiro atoms. The Bertz CT molecular complexity index is 1250. The highest BCUT2D eigenvalue weighted by Gasteiger charge is 2.44. The van der Waals surface area contributed by atoms with Gasteiger partial charge in [0.1, 0.15) is 12.4 Å². The van der Waals surface area contributed by atoms with Crippen molar-refractivity contribution in [1.29, 1.82) is 0 Å². The molecule has 170 valence electrons. The van der Waals surface area contributed by atoms with Crippen LogP contribution in [0.25, 0.3) is 0 Å². The van der Waals surface area contributed by atoms with Crippen LogP contribution in [0, 0.1) is 5.92 Å². The molecule has 0 bridgehead atoms. The van der Waals surface area contributed by atoms with E-state index in [0.717, 1.165) is 28.1 Å². The summed E-state index contributed by atoms with van der Waals surface area (Å²) in [5.74, 6) is -1.07. The summed E-state index contributed by atoms with van der Waals surface area (Å²) in [6, 6.07) is 29.5. The van der Waals surface area contributed by atoms with Crippen molar-refractivity contribution in [2.75, 3.05) is 0 Å². The van der Waals surface area contributed by atoms with E-state index in [2.05, 4.69) is 23.5 Å². The molecule has 1 aliphatic heterocycles. The number of Topliss-reactive ketones (excluding diaryl/α,β-unsaturated/α-hetero) is 1. The first-order chi connectivity index (χ1) is 16.6. The molecule has 3 atom stereocenters. The lowest BCUT2D eigenvalue weighted by atomic mass is 9.68. The molecule has 0 radical (unpaired) electrons. The molecule has 1 heterocycles. The van der Waals surface area contributed by atoms with Crippen LogP contribution in [-0.2, 0) is 20.9 Å². The van der Waals surface area contributed by atoms with E-state index < -0.39 is 5.92 Å². The fourth-order valence-corrected chi connectivity index (χ4v) is 5.08. The van der Waals surface area contributed by atoms with Gasteiger partial charge in [0.25, 0.3) is 0 Å². The number of nitrogens with one attached hydrogen (secondary N) is 1. The molecule has 34 heavy (non-hydrogen) atoms. The second kappa shape index (κ2) is 9.52. The second-order valence-electron chi connectivity index (χ2n) is 8.90. The third-order valence-corrected chi connectivity index (χ3v) is 6.68. The van der Waals surface area contributed by atoms with Crippen molar-refractivity contribution in [3.63, 3.8) is 0 Å². The van der Waals surface area contributed by atoms with Crippen molar-refractivity contribution in [3.8, 4) is 0 Å². The Morgan fingerprint density at radius 1 is 0.853 bits per heavy atom. The Balaban J connectivity index is 1.52. The predicted octanol–water partition coefficient (Wildman–Crippen LogP) is 5.65. The maximum atomic E-state index is 13.6. The molecule has 0 amide bonds. The standard InChI is InChI=1S/C30H27NO3/c1-20-27(30(33)34-19-21-11-5-2-6-12-21)28(23-15-9-4-10-16-23)29-25(31-20)17-24(18-26(29)32)22-13-7-3-8-14-22/h2-17,24,28-29,31H,18-19H2,1H3. The van der Waals surface area contributed by atoms with E-state index in [-0.39, 0.29) is 30.2 Å². The molecule has 3 unspecified atom stereocenters. The van der Waals surface area contributed by atoms with Gasteiger partial charge in [-0.15, -0.1) is 0 Å². The summed E-state index contributed by atoms with van der Waals surface area (Å²) in [6.45, 7) is 2.08. The summed E-state index contributed by atoms with van der Waals surface area (Å²) >= 11 is 0. The topological polar surface area (TPSA) is 55.4 Å². The molecule has 1 N–H and O–H groups in total. The minimum absolute atomic E-state index is 0.0169. The maximum Gasteiger partial charge on any atom is 0.336 e. The first kappa shape index (κ1) is 21.9. The Morgan fingerprint density at radius 3 is 2.09 bits per heavy atom. The summed E-state index contributed by atoms with van der Waals surface area (Å²) in [6.07, 6.45) is 2.57. The van der Waals surface area contributed by atoms with Crippen LogP contribution >= 0.6 is 0 Å². The first-order valence-corrected chi connectivity index (χ1v) is 11.6. The Morgan fingerprint density at radius 2 is 1.44 bits per heavy atom. The zero-order chi connectivity index (χ0) is 23.5. The van der Waals surface area contributed by atoms with Crippen LogP contribution in [0.3, 0.4) is 0 Å². The predicted molar refractivity (Wildman–Crippen MR) is 132 cm³/mol. The average Bonchev–Trinajstić information content (AvgIpc) is 2.88. The molecular formula is C30H27NO3. The van der Waals surface area contributed by atoms with Crippen LogP contribution in [0.4, 0.5) is 0 Å². The van der Waals surface area contributed by atoms with Crippen LogP contribution in [0.1, 0.15) is 41.9 Å². The lowest BCUT2D eigenvalue weighted by molar-refractivity contribution is -0.141. The first-order valence-electron chi connectivity index (χ1n) is 11.6. The number of allylic oxidation sites excluding steroid dienone is 3. The molecule has 4 nitrogen and oxygen atoms in total. The average molecular weight is 450 g/mol. The molecule has 0 saturated carbocycles. The van der Waals surface area contributed by atoms with Crippen LogP contribution < -0.4 is 5.32 Å². The number of carbonyl (C=O) groups is 2. The second-order valence-corrected chi connectivity index (χ2v) is 8.90. The lowest BCUT2D eigenvalue weighted by Gasteiger charge is -2.39. The quantitative estimate of drug-likeness (QED) is 0.512. The molecule has 0 aromatic heterocycles. The Labute approximate surface area is 200 Å². The highest BCUT2D eigenvalue weighted by molar-refractivity contribution is 5.96. The summed E-state index contributed by atoms with van der Waals surface area (Å²) < 4.78 is 5.73. The van der Waals surface area contributed by atoms with E-state index >= 15 is 0 Å². The third kappa shape index (κ3) is 4.32. The fraction of sp³-hybridized carbons (Fsp3) is 0.200. The third-order valence-electron chi connectivity index (χ3n) is 6.68. The molecule has 0 saturated heterocycles. The van der Waals surface area contributed by atoms with Gasteiger partial charge in [-0.2, -0.15) is 0 Å². The van der Waals surface area contributed by atoms with Gasteiger partial charge in [-0.1, -0.05) is 97.1 Å². The van der Waals surface area contributed by atoms with E-state index in [4.69, 9.17) is 4.74 Å². The number of ketones is 1. The van der Waals surface area contributed by atoms with Crippen molar-refractivity contribution >= 4 is 11.8 Å². The zero-order valence-corrected chi connectivity index (χ0v) is 19.1. The minimum Gasteiger partial charge on any atom is -0.457 e. The number of fused-ring (bicyclic) bond motifs is 1. The van der Waals surface area contributed by atoms with Gasteiger partial charge in [0.2, 0.25) is 0 Å². The molecule has 3 aromatic rings. The van der Waals surface area contributed by atoms with Crippen molar-refractivity contribution in [1.82, 2.24) is 5.32 Å². The van der Waals surface area contributed by atoms with Crippen molar-refractivity contribution < 1.29 is 14.3 Å². The summed E-state index contributed by atoms with van der Waals surface area (Å²) in [5.41, 5.74) is 5.11. The maximum absolute atomic E-state index is 13.6. The van der Waals surface area contributed by atoms with Gasteiger partial charge >= 0.3 is 5.97 Å². The molecule has 0 fully saturated rings. The van der Waals surface area contributed by atoms with Gasteiger partial charge in [0.05, 0.1) is 11.5 Å². The van der Waals surface area contributed by atoms with Gasteiger partial charge < -0.3 is 10.1 Å². The Kier molecular flexibility index (Phi) is 6.13. The highest BCUT2D eigenvalue weighted by atomic mass is 16.5. The summed E-state index contributed by atoms with van der Waals surface area (Å²) in [5, 5.41) is 3.40. The van der Waals surface area contributed by atoms with Gasteiger partial charge in [-0.3, -0.25) is 4.79 Å².